The zero-order valence-electron chi connectivity index (χ0n) is 7.83. The van der Waals surface area contributed by atoms with Gasteiger partial charge in [0.1, 0.15) is 12.4 Å². The standard InChI is InChI=1S/C11H12O2/c1-7-4-3-5-9-8(2)10(12)6-13-11(7)9/h3-5,8H,6H2,1-2H3. The molecule has 1 aliphatic rings. The van der Waals surface area contributed by atoms with Crippen LogP contribution in [0.4, 0.5) is 0 Å². The van der Waals surface area contributed by atoms with Gasteiger partial charge in [-0.1, -0.05) is 25.1 Å². The minimum Gasteiger partial charge on any atom is -0.485 e. The van der Waals surface area contributed by atoms with E-state index in [0.29, 0.717) is 0 Å². The first-order valence-corrected chi connectivity index (χ1v) is 4.45. The Labute approximate surface area is 77.5 Å². The maximum absolute atomic E-state index is 11.3. The molecule has 2 rings (SSSR count). The number of fused-ring (bicyclic) bond motifs is 1. The average molecular weight is 176 g/mol. The first-order chi connectivity index (χ1) is 6.20. The number of carbonyl (C=O) groups is 1. The summed E-state index contributed by atoms with van der Waals surface area (Å²) in [6, 6.07) is 5.93. The van der Waals surface area contributed by atoms with Crippen LogP contribution in [0.5, 0.6) is 5.75 Å². The van der Waals surface area contributed by atoms with E-state index >= 15 is 0 Å². The van der Waals surface area contributed by atoms with E-state index in [1.54, 1.807) is 0 Å². The van der Waals surface area contributed by atoms with Gasteiger partial charge in [0.25, 0.3) is 0 Å². The lowest BCUT2D eigenvalue weighted by Crippen LogP contribution is -2.24. The fourth-order valence-electron chi connectivity index (χ4n) is 1.66. The smallest absolute Gasteiger partial charge is 0.177 e. The maximum Gasteiger partial charge on any atom is 0.177 e. The highest BCUT2D eigenvalue weighted by Gasteiger charge is 2.25. The van der Waals surface area contributed by atoms with Crippen molar-refractivity contribution in [3.05, 3.63) is 29.3 Å². The molecule has 2 heteroatoms. The topological polar surface area (TPSA) is 26.3 Å². The molecule has 0 aromatic heterocycles. The van der Waals surface area contributed by atoms with Crippen molar-refractivity contribution < 1.29 is 9.53 Å². The monoisotopic (exact) mass is 176 g/mol. The molecule has 0 saturated carbocycles. The number of rotatable bonds is 0. The van der Waals surface area contributed by atoms with E-state index in [-0.39, 0.29) is 18.3 Å². The van der Waals surface area contributed by atoms with Crippen LogP contribution in [0.2, 0.25) is 0 Å². The molecule has 0 radical (unpaired) electrons. The van der Waals surface area contributed by atoms with Gasteiger partial charge < -0.3 is 4.74 Å². The highest BCUT2D eigenvalue weighted by Crippen LogP contribution is 2.33. The van der Waals surface area contributed by atoms with Crippen LogP contribution in [0.25, 0.3) is 0 Å². The van der Waals surface area contributed by atoms with Gasteiger partial charge in [0, 0.05) is 11.5 Å². The number of Topliss-reactive ketones (excluding diaryl/α,β-unsaturated/α-hetero) is 1. The summed E-state index contributed by atoms with van der Waals surface area (Å²) in [6.07, 6.45) is 0. The fourth-order valence-corrected chi connectivity index (χ4v) is 1.66. The second kappa shape index (κ2) is 2.87. The lowest BCUT2D eigenvalue weighted by Gasteiger charge is -2.23. The Hall–Kier alpha value is -1.31. The largest absolute Gasteiger partial charge is 0.485 e. The third kappa shape index (κ3) is 1.22. The first-order valence-electron chi connectivity index (χ1n) is 4.45. The van der Waals surface area contributed by atoms with Gasteiger partial charge in [0.15, 0.2) is 5.78 Å². The van der Waals surface area contributed by atoms with Crippen molar-refractivity contribution in [2.75, 3.05) is 6.61 Å². The first kappa shape index (κ1) is 8.30. The minimum atomic E-state index is -0.0105. The number of para-hydroxylation sites is 1. The van der Waals surface area contributed by atoms with E-state index in [1.807, 2.05) is 32.0 Å². The predicted octanol–water partition coefficient (Wildman–Crippen LogP) is 2.06. The summed E-state index contributed by atoms with van der Waals surface area (Å²) in [5, 5.41) is 0. The van der Waals surface area contributed by atoms with Crippen molar-refractivity contribution in [1.82, 2.24) is 0 Å². The quantitative estimate of drug-likeness (QED) is 0.604. The molecule has 0 fully saturated rings. The number of ketones is 1. The molecule has 0 saturated heterocycles. The Balaban J connectivity index is 2.55. The number of aryl methyl sites for hydroxylation is 1. The summed E-state index contributed by atoms with van der Waals surface area (Å²) in [5.41, 5.74) is 2.13. The van der Waals surface area contributed by atoms with Crippen LogP contribution in [0.1, 0.15) is 24.0 Å². The van der Waals surface area contributed by atoms with E-state index in [0.717, 1.165) is 16.9 Å². The van der Waals surface area contributed by atoms with E-state index in [4.69, 9.17) is 4.74 Å². The summed E-state index contributed by atoms with van der Waals surface area (Å²) < 4.78 is 5.39. The summed E-state index contributed by atoms with van der Waals surface area (Å²) in [5.74, 6) is 1.05. The third-order valence-electron chi connectivity index (χ3n) is 2.55. The Morgan fingerprint density at radius 3 is 3.00 bits per heavy atom. The fraction of sp³-hybridized carbons (Fsp3) is 0.364. The lowest BCUT2D eigenvalue weighted by molar-refractivity contribution is -0.123. The number of ether oxygens (including phenoxy) is 1. The van der Waals surface area contributed by atoms with Crippen molar-refractivity contribution in [3.8, 4) is 5.75 Å². The van der Waals surface area contributed by atoms with Crippen LogP contribution in [0, 0.1) is 6.92 Å². The molecule has 1 aliphatic heterocycles. The number of benzene rings is 1. The molecule has 1 aromatic carbocycles. The van der Waals surface area contributed by atoms with Crippen LogP contribution in [0.3, 0.4) is 0 Å². The van der Waals surface area contributed by atoms with Crippen LogP contribution < -0.4 is 4.74 Å². The third-order valence-corrected chi connectivity index (χ3v) is 2.55. The maximum atomic E-state index is 11.3. The van der Waals surface area contributed by atoms with Crippen LogP contribution >= 0.6 is 0 Å². The normalized spacial score (nSPS) is 20.8. The Morgan fingerprint density at radius 1 is 1.46 bits per heavy atom. The Morgan fingerprint density at radius 2 is 2.23 bits per heavy atom. The van der Waals surface area contributed by atoms with Gasteiger partial charge in [-0.05, 0) is 12.5 Å². The molecule has 0 aliphatic carbocycles. The second-order valence-corrected chi connectivity index (χ2v) is 3.47. The van der Waals surface area contributed by atoms with Gasteiger partial charge >= 0.3 is 0 Å². The molecule has 0 spiro atoms. The predicted molar refractivity (Wildman–Crippen MR) is 50.1 cm³/mol. The molecular formula is C11H12O2. The molecule has 1 atom stereocenters. The van der Waals surface area contributed by atoms with E-state index in [2.05, 4.69) is 0 Å². The minimum absolute atomic E-state index is 0.0105. The summed E-state index contributed by atoms with van der Waals surface area (Å²) in [4.78, 5) is 11.3. The molecular weight excluding hydrogens is 164 g/mol. The summed E-state index contributed by atoms with van der Waals surface area (Å²) in [6.45, 7) is 4.16. The van der Waals surface area contributed by atoms with Crippen LogP contribution in [-0.4, -0.2) is 12.4 Å². The average Bonchev–Trinajstić information content (AvgIpc) is 2.12. The van der Waals surface area contributed by atoms with Gasteiger partial charge in [0.2, 0.25) is 0 Å². The van der Waals surface area contributed by atoms with Crippen LogP contribution in [0.15, 0.2) is 18.2 Å². The van der Waals surface area contributed by atoms with Crippen molar-refractivity contribution in [1.29, 1.82) is 0 Å². The molecule has 0 amide bonds. The van der Waals surface area contributed by atoms with Gasteiger partial charge in [0.05, 0.1) is 0 Å². The zero-order chi connectivity index (χ0) is 9.42. The Bertz CT molecular complexity index is 355. The van der Waals surface area contributed by atoms with Crippen molar-refractivity contribution in [2.24, 2.45) is 0 Å². The molecule has 1 unspecified atom stereocenters. The lowest BCUT2D eigenvalue weighted by atomic mass is 9.92. The molecule has 1 aromatic rings. The van der Waals surface area contributed by atoms with Crippen molar-refractivity contribution in [3.63, 3.8) is 0 Å². The second-order valence-electron chi connectivity index (χ2n) is 3.47. The summed E-state index contributed by atoms with van der Waals surface area (Å²) in [7, 11) is 0. The molecule has 13 heavy (non-hydrogen) atoms. The Kier molecular flexibility index (Phi) is 1.83. The molecule has 0 N–H and O–H groups in total. The number of hydrogen-bond acceptors (Lipinski definition) is 2. The molecule has 2 nitrogen and oxygen atoms in total. The molecule has 1 heterocycles. The van der Waals surface area contributed by atoms with E-state index < -0.39 is 0 Å². The van der Waals surface area contributed by atoms with Gasteiger partial charge in [-0.25, -0.2) is 0 Å². The van der Waals surface area contributed by atoms with Crippen molar-refractivity contribution >= 4 is 5.78 Å². The van der Waals surface area contributed by atoms with Crippen molar-refractivity contribution in [2.45, 2.75) is 19.8 Å². The van der Waals surface area contributed by atoms with E-state index in [9.17, 15) is 4.79 Å². The highest BCUT2D eigenvalue weighted by atomic mass is 16.5. The van der Waals surface area contributed by atoms with Gasteiger partial charge in [-0.2, -0.15) is 0 Å². The number of hydrogen-bond donors (Lipinski definition) is 0. The molecule has 68 valence electrons. The van der Waals surface area contributed by atoms with Crippen LogP contribution in [-0.2, 0) is 4.79 Å². The molecule has 0 bridgehead atoms. The SMILES string of the molecule is Cc1cccc2c1OCC(=O)C2C. The number of carbonyl (C=O) groups excluding carboxylic acids is 1. The highest BCUT2D eigenvalue weighted by molar-refractivity contribution is 5.89. The zero-order valence-corrected chi connectivity index (χ0v) is 7.83. The van der Waals surface area contributed by atoms with E-state index in [1.165, 1.54) is 0 Å². The van der Waals surface area contributed by atoms with Gasteiger partial charge in [-0.3, -0.25) is 4.79 Å². The summed E-state index contributed by atoms with van der Waals surface area (Å²) >= 11 is 0. The van der Waals surface area contributed by atoms with Gasteiger partial charge in [-0.15, -0.1) is 0 Å².